The van der Waals surface area contributed by atoms with Gasteiger partial charge in [0.1, 0.15) is 5.41 Å². The molecule has 0 spiro atoms. The average molecular weight is 275 g/mol. The molecule has 1 aliphatic rings. The molecular formula is C15H21N3O2. The average Bonchev–Trinajstić information content (AvgIpc) is 2.98. The van der Waals surface area contributed by atoms with Gasteiger partial charge >= 0.3 is 0 Å². The zero-order valence-corrected chi connectivity index (χ0v) is 11.7. The van der Waals surface area contributed by atoms with Crippen molar-refractivity contribution in [1.82, 2.24) is 0 Å². The summed E-state index contributed by atoms with van der Waals surface area (Å²) in [5.74, 6) is -0.174. The van der Waals surface area contributed by atoms with Crippen molar-refractivity contribution < 1.29 is 10.0 Å². The highest BCUT2D eigenvalue weighted by atomic mass is 16.4. The number of hydrogen-bond acceptors (Lipinski definition) is 3. The minimum Gasteiger partial charge on any atom is -0.409 e. The number of aryl methyl sites for hydroxylation is 1. The molecule has 108 valence electrons. The minimum atomic E-state index is -0.863. The van der Waals surface area contributed by atoms with Crippen molar-refractivity contribution in [1.29, 1.82) is 0 Å². The van der Waals surface area contributed by atoms with E-state index in [9.17, 15) is 4.79 Å². The number of anilines is 1. The summed E-state index contributed by atoms with van der Waals surface area (Å²) in [6.07, 6.45) is 4.04. The molecule has 1 amide bonds. The standard InChI is InChI=1S/C15H21N3O2/c1-2-11-5-7-12(8-6-11)17-14(19)15(13(16)18-20)9-3-4-10-15/h5-8,20H,2-4,9-10H2,1H3,(H2,16,18)(H,17,19). The van der Waals surface area contributed by atoms with Crippen LogP contribution in [0.3, 0.4) is 0 Å². The van der Waals surface area contributed by atoms with Crippen LogP contribution in [0.1, 0.15) is 38.2 Å². The van der Waals surface area contributed by atoms with E-state index in [4.69, 9.17) is 10.9 Å². The highest BCUT2D eigenvalue weighted by Crippen LogP contribution is 2.39. The van der Waals surface area contributed by atoms with Gasteiger partial charge in [0.05, 0.1) is 0 Å². The van der Waals surface area contributed by atoms with Gasteiger partial charge in [0.25, 0.3) is 0 Å². The minimum absolute atomic E-state index is 0.0117. The van der Waals surface area contributed by atoms with Crippen LogP contribution in [0.25, 0.3) is 0 Å². The van der Waals surface area contributed by atoms with Crippen molar-refractivity contribution in [3.8, 4) is 0 Å². The summed E-state index contributed by atoms with van der Waals surface area (Å²) in [5, 5.41) is 14.9. The molecule has 0 unspecified atom stereocenters. The third-order valence-corrected chi connectivity index (χ3v) is 4.11. The Labute approximate surface area is 118 Å². The highest BCUT2D eigenvalue weighted by Gasteiger charge is 2.45. The normalized spacial score (nSPS) is 17.9. The molecule has 2 rings (SSSR count). The SMILES string of the molecule is CCc1ccc(NC(=O)C2(C(N)=NO)CCCC2)cc1. The second-order valence-corrected chi connectivity index (χ2v) is 5.28. The van der Waals surface area contributed by atoms with Crippen LogP contribution in [-0.4, -0.2) is 17.0 Å². The van der Waals surface area contributed by atoms with Crippen molar-refractivity contribution in [3.63, 3.8) is 0 Å². The summed E-state index contributed by atoms with van der Waals surface area (Å²) in [4.78, 5) is 12.5. The Balaban J connectivity index is 2.16. The van der Waals surface area contributed by atoms with Gasteiger partial charge in [-0.25, -0.2) is 0 Å². The van der Waals surface area contributed by atoms with Gasteiger partial charge in [0.15, 0.2) is 5.84 Å². The molecule has 1 saturated carbocycles. The Kier molecular flexibility index (Phi) is 4.27. The van der Waals surface area contributed by atoms with Crippen LogP contribution in [0.4, 0.5) is 5.69 Å². The maximum atomic E-state index is 12.5. The van der Waals surface area contributed by atoms with E-state index in [1.807, 2.05) is 24.3 Å². The zero-order valence-electron chi connectivity index (χ0n) is 11.7. The number of benzene rings is 1. The lowest BCUT2D eigenvalue weighted by atomic mass is 9.83. The molecule has 5 heteroatoms. The Bertz CT molecular complexity index is 502. The summed E-state index contributed by atoms with van der Waals surface area (Å²) in [6.45, 7) is 2.08. The van der Waals surface area contributed by atoms with Crippen LogP contribution in [-0.2, 0) is 11.2 Å². The topological polar surface area (TPSA) is 87.7 Å². The van der Waals surface area contributed by atoms with Crippen molar-refractivity contribution >= 4 is 17.4 Å². The van der Waals surface area contributed by atoms with E-state index in [1.165, 1.54) is 5.56 Å². The Morgan fingerprint density at radius 2 is 1.95 bits per heavy atom. The van der Waals surface area contributed by atoms with Crippen LogP contribution in [0.15, 0.2) is 29.4 Å². The van der Waals surface area contributed by atoms with Gasteiger partial charge in [0.2, 0.25) is 5.91 Å². The van der Waals surface area contributed by atoms with Crippen molar-refractivity contribution in [3.05, 3.63) is 29.8 Å². The van der Waals surface area contributed by atoms with E-state index < -0.39 is 5.41 Å². The number of nitrogens with one attached hydrogen (secondary N) is 1. The van der Waals surface area contributed by atoms with Crippen LogP contribution in [0.2, 0.25) is 0 Å². The molecule has 1 aromatic rings. The third-order valence-electron chi connectivity index (χ3n) is 4.11. The van der Waals surface area contributed by atoms with Crippen LogP contribution >= 0.6 is 0 Å². The number of oxime groups is 1. The molecule has 0 atom stereocenters. The molecule has 0 aliphatic heterocycles. The summed E-state index contributed by atoms with van der Waals surface area (Å²) >= 11 is 0. The predicted molar refractivity (Wildman–Crippen MR) is 78.8 cm³/mol. The molecule has 20 heavy (non-hydrogen) atoms. The predicted octanol–water partition coefficient (Wildman–Crippen LogP) is 2.49. The Hall–Kier alpha value is -2.04. The molecule has 0 radical (unpaired) electrons. The Morgan fingerprint density at radius 1 is 1.35 bits per heavy atom. The number of hydrogen-bond donors (Lipinski definition) is 3. The van der Waals surface area contributed by atoms with E-state index in [1.54, 1.807) is 0 Å². The van der Waals surface area contributed by atoms with E-state index in [0.717, 1.165) is 24.9 Å². The molecule has 0 aromatic heterocycles. The summed E-state index contributed by atoms with van der Waals surface area (Å²) in [6, 6.07) is 7.73. The van der Waals surface area contributed by atoms with Gasteiger partial charge in [-0.15, -0.1) is 0 Å². The first-order chi connectivity index (χ1) is 9.62. The fourth-order valence-corrected chi connectivity index (χ4v) is 2.75. The quantitative estimate of drug-likeness (QED) is 0.341. The molecule has 1 aliphatic carbocycles. The van der Waals surface area contributed by atoms with Gasteiger partial charge in [-0.1, -0.05) is 37.1 Å². The first kappa shape index (κ1) is 14.4. The fraction of sp³-hybridized carbons (Fsp3) is 0.467. The van der Waals surface area contributed by atoms with Gasteiger partial charge in [-0.05, 0) is 37.0 Å². The summed E-state index contributed by atoms with van der Waals surface area (Å²) < 4.78 is 0. The van der Waals surface area contributed by atoms with Crippen LogP contribution in [0.5, 0.6) is 0 Å². The first-order valence-electron chi connectivity index (χ1n) is 7.01. The van der Waals surface area contributed by atoms with E-state index >= 15 is 0 Å². The lowest BCUT2D eigenvalue weighted by molar-refractivity contribution is -0.122. The number of rotatable bonds is 4. The monoisotopic (exact) mass is 275 g/mol. The van der Waals surface area contributed by atoms with Crippen molar-refractivity contribution in [2.45, 2.75) is 39.0 Å². The second kappa shape index (κ2) is 5.94. The van der Waals surface area contributed by atoms with E-state index in [2.05, 4.69) is 17.4 Å². The molecule has 0 saturated heterocycles. The molecular weight excluding hydrogens is 254 g/mol. The number of amidine groups is 1. The smallest absolute Gasteiger partial charge is 0.238 e. The first-order valence-corrected chi connectivity index (χ1v) is 7.01. The maximum absolute atomic E-state index is 12.5. The fourth-order valence-electron chi connectivity index (χ4n) is 2.75. The van der Waals surface area contributed by atoms with Gasteiger partial charge in [0, 0.05) is 5.69 Å². The largest absolute Gasteiger partial charge is 0.409 e. The number of carbonyl (C=O) groups excluding carboxylic acids is 1. The number of nitrogens with two attached hydrogens (primary N) is 1. The highest BCUT2D eigenvalue weighted by molar-refractivity contribution is 6.12. The second-order valence-electron chi connectivity index (χ2n) is 5.28. The van der Waals surface area contributed by atoms with Gasteiger partial charge < -0.3 is 16.3 Å². The molecule has 0 heterocycles. The Morgan fingerprint density at radius 3 is 2.45 bits per heavy atom. The van der Waals surface area contributed by atoms with Crippen molar-refractivity contribution in [2.75, 3.05) is 5.32 Å². The molecule has 4 N–H and O–H groups in total. The third kappa shape index (κ3) is 2.61. The molecule has 1 fully saturated rings. The van der Waals surface area contributed by atoms with E-state index in [0.29, 0.717) is 12.8 Å². The number of carbonyl (C=O) groups is 1. The summed E-state index contributed by atoms with van der Waals surface area (Å²) in [7, 11) is 0. The maximum Gasteiger partial charge on any atom is 0.238 e. The lowest BCUT2D eigenvalue weighted by Gasteiger charge is -2.26. The summed E-state index contributed by atoms with van der Waals surface area (Å²) in [5.41, 5.74) is 6.85. The van der Waals surface area contributed by atoms with Gasteiger partial charge in [-0.3, -0.25) is 4.79 Å². The van der Waals surface area contributed by atoms with Gasteiger partial charge in [-0.2, -0.15) is 0 Å². The van der Waals surface area contributed by atoms with Crippen molar-refractivity contribution in [2.24, 2.45) is 16.3 Å². The number of nitrogens with zero attached hydrogens (tertiary/aromatic N) is 1. The van der Waals surface area contributed by atoms with Crippen LogP contribution < -0.4 is 11.1 Å². The lowest BCUT2D eigenvalue weighted by Crippen LogP contribution is -2.45. The van der Waals surface area contributed by atoms with Crippen LogP contribution in [0, 0.1) is 5.41 Å². The molecule has 0 bridgehead atoms. The zero-order chi connectivity index (χ0) is 14.6. The number of amides is 1. The molecule has 5 nitrogen and oxygen atoms in total. The van der Waals surface area contributed by atoms with E-state index in [-0.39, 0.29) is 11.7 Å². The molecule has 1 aromatic carbocycles.